The van der Waals surface area contributed by atoms with E-state index >= 15 is 0 Å². The Morgan fingerprint density at radius 2 is 1.90 bits per heavy atom. The van der Waals surface area contributed by atoms with Crippen LogP contribution in [0.2, 0.25) is 9.49 Å². The zero-order valence-corrected chi connectivity index (χ0v) is 18.2. The summed E-state index contributed by atoms with van der Waals surface area (Å²) in [6.45, 7) is 0. The third-order valence-corrected chi connectivity index (χ3v) is 7.20. The number of sulfonamides is 1. The first kappa shape index (κ1) is 20.5. The Kier molecular flexibility index (Phi) is 5.36. The quantitative estimate of drug-likeness (QED) is 0.462. The lowest BCUT2D eigenvalue weighted by Gasteiger charge is -2.12. The van der Waals surface area contributed by atoms with Gasteiger partial charge in [0.1, 0.15) is 16.4 Å². The van der Waals surface area contributed by atoms with E-state index in [9.17, 15) is 13.2 Å². The zero-order chi connectivity index (χ0) is 21.5. The molecule has 30 heavy (non-hydrogen) atoms. The first-order valence-electron chi connectivity index (χ1n) is 8.14. The van der Waals surface area contributed by atoms with Gasteiger partial charge in [-0.1, -0.05) is 34.5 Å². The number of hydrogen-bond acceptors (Lipinski definition) is 8. The molecule has 9 nitrogen and oxygen atoms in total. The lowest BCUT2D eigenvalue weighted by atomic mass is 10.1. The van der Waals surface area contributed by atoms with Crippen LogP contribution in [0.5, 0.6) is 5.88 Å². The minimum absolute atomic E-state index is 0.0193. The normalized spacial score (nSPS) is 11.6. The lowest BCUT2D eigenvalue weighted by Crippen LogP contribution is -2.15. The Bertz CT molecular complexity index is 1440. The molecule has 4 aromatic heterocycles. The van der Waals surface area contributed by atoms with E-state index in [0.29, 0.717) is 16.8 Å². The van der Waals surface area contributed by atoms with Gasteiger partial charge in [-0.25, -0.2) is 23.4 Å². The Morgan fingerprint density at radius 1 is 1.10 bits per heavy atom. The van der Waals surface area contributed by atoms with Crippen LogP contribution < -0.4 is 15.0 Å². The number of aromatic nitrogens is 4. The molecule has 0 aliphatic rings. The predicted octanol–water partition coefficient (Wildman–Crippen LogP) is 3.33. The van der Waals surface area contributed by atoms with E-state index in [2.05, 4.69) is 19.7 Å². The Balaban J connectivity index is 1.79. The summed E-state index contributed by atoms with van der Waals surface area (Å²) in [4.78, 5) is 24.3. The monoisotopic (exact) mass is 483 g/mol. The molecule has 0 aromatic carbocycles. The van der Waals surface area contributed by atoms with Gasteiger partial charge < -0.3 is 4.74 Å². The van der Waals surface area contributed by atoms with Crippen molar-refractivity contribution < 1.29 is 13.2 Å². The van der Waals surface area contributed by atoms with Crippen LogP contribution in [0.3, 0.4) is 0 Å². The molecule has 13 heteroatoms. The fourth-order valence-electron chi connectivity index (χ4n) is 2.63. The number of methoxy groups -OCH3 is 1. The highest BCUT2D eigenvalue weighted by molar-refractivity contribution is 7.94. The highest BCUT2D eigenvalue weighted by Gasteiger charge is 2.21. The van der Waals surface area contributed by atoms with Crippen molar-refractivity contribution >= 4 is 55.9 Å². The van der Waals surface area contributed by atoms with Gasteiger partial charge in [-0.3, -0.25) is 13.9 Å². The maximum absolute atomic E-state index is 12.6. The molecule has 0 bridgehead atoms. The van der Waals surface area contributed by atoms with Crippen molar-refractivity contribution in [3.05, 3.63) is 62.8 Å². The Labute approximate surface area is 184 Å². The maximum atomic E-state index is 12.6. The highest BCUT2D eigenvalue weighted by Crippen LogP contribution is 2.31. The van der Waals surface area contributed by atoms with Crippen molar-refractivity contribution in [2.24, 2.45) is 0 Å². The molecule has 0 amide bonds. The number of halogens is 2. The van der Waals surface area contributed by atoms with Crippen LogP contribution in [0.1, 0.15) is 0 Å². The van der Waals surface area contributed by atoms with Crippen molar-refractivity contribution in [1.82, 2.24) is 19.4 Å². The molecule has 0 fully saturated rings. The third-order valence-electron chi connectivity index (χ3n) is 4.00. The Hall–Kier alpha value is -2.73. The van der Waals surface area contributed by atoms with Crippen LogP contribution in [-0.4, -0.2) is 34.9 Å². The topological polar surface area (TPSA) is 116 Å². The molecule has 154 valence electrons. The Morgan fingerprint density at radius 3 is 2.60 bits per heavy atom. The molecule has 1 N–H and O–H groups in total. The van der Waals surface area contributed by atoms with Gasteiger partial charge in [0.15, 0.2) is 8.68 Å². The van der Waals surface area contributed by atoms with Crippen LogP contribution in [-0.2, 0) is 10.0 Å². The van der Waals surface area contributed by atoms with E-state index in [4.69, 9.17) is 27.9 Å². The van der Waals surface area contributed by atoms with Crippen LogP contribution in [0, 0.1) is 0 Å². The van der Waals surface area contributed by atoms with E-state index in [1.807, 2.05) is 0 Å². The molecule has 0 saturated heterocycles. The summed E-state index contributed by atoms with van der Waals surface area (Å²) in [6.07, 6.45) is 5.48. The van der Waals surface area contributed by atoms with Gasteiger partial charge in [0.05, 0.1) is 19.5 Å². The summed E-state index contributed by atoms with van der Waals surface area (Å²) in [7, 11) is -2.58. The summed E-state index contributed by atoms with van der Waals surface area (Å²) in [5.41, 5.74) is 1.22. The number of nitrogens with one attached hydrogen (secondary N) is 1. The molecular weight excluding hydrogens is 473 g/mol. The summed E-state index contributed by atoms with van der Waals surface area (Å²) >= 11 is 12.4. The molecule has 0 saturated carbocycles. The van der Waals surface area contributed by atoms with Crippen molar-refractivity contribution in [1.29, 1.82) is 0 Å². The van der Waals surface area contributed by atoms with E-state index in [1.54, 1.807) is 18.3 Å². The van der Waals surface area contributed by atoms with Crippen LogP contribution in [0.15, 0.2) is 52.0 Å². The summed E-state index contributed by atoms with van der Waals surface area (Å²) < 4.78 is 34.2. The predicted molar refractivity (Wildman–Crippen MR) is 114 cm³/mol. The summed E-state index contributed by atoms with van der Waals surface area (Å²) in [5.74, 6) is 0.0700. The standard InChI is InChI=1S/C17H11Cl2N5O4S2/c1-28-15-12(23-30(26,27)14-7-22-17(19)29-14)4-10(5-21-15)9-2-3-13-20-6-11(18)16(25)24(13)8-9/h2-8,23H,1H3. The highest BCUT2D eigenvalue weighted by atomic mass is 35.5. The van der Waals surface area contributed by atoms with Crippen LogP contribution in [0.25, 0.3) is 16.8 Å². The number of rotatable bonds is 5. The van der Waals surface area contributed by atoms with Gasteiger partial charge in [0, 0.05) is 23.5 Å². The lowest BCUT2D eigenvalue weighted by molar-refractivity contribution is 0.400. The molecular formula is C17H11Cl2N5O4S2. The van der Waals surface area contributed by atoms with Crippen molar-refractivity contribution in [3.63, 3.8) is 0 Å². The smallest absolute Gasteiger partial charge is 0.276 e. The molecule has 0 aliphatic heterocycles. The summed E-state index contributed by atoms with van der Waals surface area (Å²) in [5, 5.41) is -0.0193. The second-order valence-corrected chi connectivity index (χ2v) is 9.81. The SMILES string of the molecule is COc1ncc(-c2ccc3ncc(Cl)c(=O)n3c2)cc1NS(=O)(=O)c1cnc(Cl)s1. The molecule has 0 spiro atoms. The fraction of sp³-hybridized carbons (Fsp3) is 0.0588. The van der Waals surface area contributed by atoms with Gasteiger partial charge in [0.25, 0.3) is 15.6 Å². The number of nitrogens with zero attached hydrogens (tertiary/aromatic N) is 4. The number of hydrogen-bond donors (Lipinski definition) is 1. The number of thiazole rings is 1. The summed E-state index contributed by atoms with van der Waals surface area (Å²) in [6, 6.07) is 4.90. The van der Waals surface area contributed by atoms with Gasteiger partial charge >= 0.3 is 0 Å². The maximum Gasteiger partial charge on any atom is 0.276 e. The third kappa shape index (κ3) is 3.84. The number of fused-ring (bicyclic) bond motifs is 1. The molecule has 0 radical (unpaired) electrons. The molecule has 4 aromatic rings. The van der Waals surface area contributed by atoms with E-state index in [-0.39, 0.29) is 25.3 Å². The number of ether oxygens (including phenoxy) is 1. The largest absolute Gasteiger partial charge is 0.480 e. The number of pyridine rings is 2. The van der Waals surface area contributed by atoms with E-state index < -0.39 is 15.6 Å². The fourth-order valence-corrected chi connectivity index (χ4v) is 5.11. The molecule has 0 atom stereocenters. The second-order valence-electron chi connectivity index (χ2n) is 5.88. The van der Waals surface area contributed by atoms with E-state index in [0.717, 1.165) is 17.5 Å². The van der Waals surface area contributed by atoms with E-state index in [1.165, 1.54) is 30.0 Å². The average Bonchev–Trinajstić information content (AvgIpc) is 3.18. The van der Waals surface area contributed by atoms with Crippen molar-refractivity contribution in [3.8, 4) is 17.0 Å². The van der Waals surface area contributed by atoms with Gasteiger partial charge in [-0.15, -0.1) is 0 Å². The number of anilines is 1. The first-order chi connectivity index (χ1) is 14.3. The zero-order valence-electron chi connectivity index (χ0n) is 15.0. The van der Waals surface area contributed by atoms with Crippen LogP contribution >= 0.6 is 34.5 Å². The molecule has 4 rings (SSSR count). The molecule has 4 heterocycles. The van der Waals surface area contributed by atoms with Gasteiger partial charge in [0.2, 0.25) is 5.88 Å². The van der Waals surface area contributed by atoms with Crippen molar-refractivity contribution in [2.75, 3.05) is 11.8 Å². The van der Waals surface area contributed by atoms with Gasteiger partial charge in [-0.2, -0.15) is 0 Å². The minimum Gasteiger partial charge on any atom is -0.480 e. The first-order valence-corrected chi connectivity index (χ1v) is 11.2. The molecule has 0 aliphatic carbocycles. The van der Waals surface area contributed by atoms with Crippen molar-refractivity contribution in [2.45, 2.75) is 4.21 Å². The molecule has 0 unspecified atom stereocenters. The van der Waals surface area contributed by atoms with Crippen LogP contribution in [0.4, 0.5) is 5.69 Å². The minimum atomic E-state index is -3.95. The average molecular weight is 484 g/mol. The van der Waals surface area contributed by atoms with Gasteiger partial charge in [-0.05, 0) is 18.2 Å². The second kappa shape index (κ2) is 7.84.